The number of aromatic nitrogens is 1. The zero-order valence-electron chi connectivity index (χ0n) is 11.6. The Balaban J connectivity index is 2.19. The van der Waals surface area contributed by atoms with Crippen molar-refractivity contribution < 1.29 is 0 Å². The number of benzene rings is 2. The van der Waals surface area contributed by atoms with E-state index in [0.29, 0.717) is 0 Å². The zero-order chi connectivity index (χ0) is 13.5. The molecular weight excluding hydrogens is 242 g/mol. The van der Waals surface area contributed by atoms with Crippen molar-refractivity contribution in [3.63, 3.8) is 0 Å². The second-order valence-corrected chi connectivity index (χ2v) is 5.43. The van der Waals surface area contributed by atoms with Crippen molar-refractivity contribution in [3.8, 4) is 0 Å². The molecule has 0 fully saturated rings. The maximum atomic E-state index is 2.40. The Bertz CT molecular complexity index is 862. The zero-order valence-corrected chi connectivity index (χ0v) is 11.6. The first kappa shape index (κ1) is 11.5. The minimum atomic E-state index is 1.13. The van der Waals surface area contributed by atoms with Crippen LogP contribution in [0.25, 0.3) is 27.5 Å². The average molecular weight is 259 g/mol. The van der Waals surface area contributed by atoms with Crippen LogP contribution < -0.4 is 0 Å². The molecule has 0 saturated heterocycles. The van der Waals surface area contributed by atoms with E-state index < -0.39 is 0 Å². The predicted molar refractivity (Wildman–Crippen MR) is 86.8 cm³/mol. The fourth-order valence-corrected chi connectivity index (χ4v) is 3.24. The van der Waals surface area contributed by atoms with E-state index in [-0.39, 0.29) is 0 Å². The molecule has 0 spiro atoms. The molecule has 98 valence electrons. The Morgan fingerprint density at radius 2 is 1.75 bits per heavy atom. The smallest absolute Gasteiger partial charge is 0.0543 e. The van der Waals surface area contributed by atoms with Crippen molar-refractivity contribution in [1.29, 1.82) is 0 Å². The minimum Gasteiger partial charge on any atom is -0.310 e. The second-order valence-electron chi connectivity index (χ2n) is 5.43. The summed E-state index contributed by atoms with van der Waals surface area (Å²) in [6, 6.07) is 15.3. The van der Waals surface area contributed by atoms with Gasteiger partial charge in [0.05, 0.1) is 11.0 Å². The van der Waals surface area contributed by atoms with Gasteiger partial charge in [0.1, 0.15) is 0 Å². The molecule has 0 radical (unpaired) electrons. The van der Waals surface area contributed by atoms with Crippen LogP contribution in [0.2, 0.25) is 0 Å². The van der Waals surface area contributed by atoms with Crippen molar-refractivity contribution in [2.24, 2.45) is 0 Å². The van der Waals surface area contributed by atoms with Crippen LogP contribution in [-0.2, 0) is 0 Å². The van der Waals surface area contributed by atoms with E-state index in [9.17, 15) is 0 Å². The van der Waals surface area contributed by atoms with Gasteiger partial charge in [0, 0.05) is 16.5 Å². The van der Waals surface area contributed by atoms with Gasteiger partial charge in [-0.1, -0.05) is 42.5 Å². The first-order chi connectivity index (χ1) is 9.86. The molecule has 0 amide bonds. The van der Waals surface area contributed by atoms with Crippen molar-refractivity contribution in [1.82, 2.24) is 4.57 Å². The third-order valence-corrected chi connectivity index (χ3v) is 4.14. The lowest BCUT2D eigenvalue weighted by atomic mass is 10.1. The molecule has 1 heteroatoms. The number of fused-ring (bicyclic) bond motifs is 3. The van der Waals surface area contributed by atoms with Gasteiger partial charge in [0.15, 0.2) is 0 Å². The second kappa shape index (κ2) is 4.38. The quantitative estimate of drug-likeness (QED) is 0.559. The van der Waals surface area contributed by atoms with E-state index in [0.717, 1.165) is 12.8 Å². The number of allylic oxidation sites excluding steroid dienone is 4. The van der Waals surface area contributed by atoms with Crippen LogP contribution >= 0.6 is 0 Å². The van der Waals surface area contributed by atoms with Crippen LogP contribution in [0.5, 0.6) is 0 Å². The molecule has 1 nitrogen and oxygen atoms in total. The molecule has 0 aliphatic heterocycles. The first-order valence-corrected chi connectivity index (χ1v) is 7.22. The number of hydrogen-bond donors (Lipinski definition) is 0. The lowest BCUT2D eigenvalue weighted by Gasteiger charge is -2.11. The van der Waals surface area contributed by atoms with Gasteiger partial charge in [-0.05, 0) is 43.5 Å². The highest BCUT2D eigenvalue weighted by Crippen LogP contribution is 2.34. The van der Waals surface area contributed by atoms with Crippen LogP contribution in [0.4, 0.5) is 0 Å². The number of aryl methyl sites for hydroxylation is 1. The largest absolute Gasteiger partial charge is 0.310 e. The van der Waals surface area contributed by atoms with Gasteiger partial charge in [-0.2, -0.15) is 0 Å². The van der Waals surface area contributed by atoms with Gasteiger partial charge < -0.3 is 4.57 Å². The Kier molecular flexibility index (Phi) is 2.53. The fraction of sp³-hybridized carbons (Fsp3) is 0.158. The molecule has 1 heterocycles. The Morgan fingerprint density at radius 1 is 0.900 bits per heavy atom. The standard InChI is InChI=1S/C19H17N/c1-14-8-7-13-18-19(14)16-11-5-6-12-17(16)20(18)15-9-3-2-4-10-15/h3,5-13H,2,4H2,1H3. The summed E-state index contributed by atoms with van der Waals surface area (Å²) >= 11 is 0. The molecule has 1 aliphatic carbocycles. The van der Waals surface area contributed by atoms with Crippen LogP contribution in [0, 0.1) is 6.92 Å². The third kappa shape index (κ3) is 1.56. The highest BCUT2D eigenvalue weighted by Gasteiger charge is 2.13. The van der Waals surface area contributed by atoms with Crippen LogP contribution in [-0.4, -0.2) is 4.57 Å². The fourth-order valence-electron chi connectivity index (χ4n) is 3.24. The van der Waals surface area contributed by atoms with E-state index in [1.807, 2.05) is 0 Å². The normalized spacial score (nSPS) is 14.9. The van der Waals surface area contributed by atoms with Gasteiger partial charge in [-0.15, -0.1) is 0 Å². The topological polar surface area (TPSA) is 4.93 Å². The lowest BCUT2D eigenvalue weighted by molar-refractivity contribution is 1.02. The molecule has 20 heavy (non-hydrogen) atoms. The third-order valence-electron chi connectivity index (χ3n) is 4.14. The molecule has 2 aromatic carbocycles. The molecule has 1 aliphatic rings. The predicted octanol–water partition coefficient (Wildman–Crippen LogP) is 5.29. The van der Waals surface area contributed by atoms with E-state index in [4.69, 9.17) is 0 Å². The van der Waals surface area contributed by atoms with Crippen LogP contribution in [0.1, 0.15) is 18.4 Å². The van der Waals surface area contributed by atoms with Gasteiger partial charge in [0.2, 0.25) is 0 Å². The average Bonchev–Trinajstić information content (AvgIpc) is 2.84. The van der Waals surface area contributed by atoms with Gasteiger partial charge >= 0.3 is 0 Å². The van der Waals surface area contributed by atoms with E-state index in [1.54, 1.807) is 0 Å². The highest BCUT2D eigenvalue weighted by atomic mass is 15.0. The van der Waals surface area contributed by atoms with E-state index in [2.05, 4.69) is 72.2 Å². The molecule has 0 bridgehead atoms. The number of hydrogen-bond acceptors (Lipinski definition) is 0. The molecule has 0 atom stereocenters. The van der Waals surface area contributed by atoms with Crippen molar-refractivity contribution in [2.75, 3.05) is 0 Å². The molecule has 3 aromatic rings. The number of nitrogens with zero attached hydrogens (tertiary/aromatic N) is 1. The Morgan fingerprint density at radius 3 is 2.60 bits per heavy atom. The summed E-state index contributed by atoms with van der Waals surface area (Å²) in [6.45, 7) is 2.20. The SMILES string of the molecule is Cc1cccc2c1c1ccccc1n2C1=CCCC=C1. The monoisotopic (exact) mass is 259 g/mol. The summed E-state index contributed by atoms with van der Waals surface area (Å²) in [5.41, 5.74) is 5.25. The molecule has 0 N–H and O–H groups in total. The lowest BCUT2D eigenvalue weighted by Crippen LogP contribution is -1.96. The molecule has 0 unspecified atom stereocenters. The van der Waals surface area contributed by atoms with Crippen molar-refractivity contribution >= 4 is 27.5 Å². The summed E-state index contributed by atoms with van der Waals surface area (Å²) in [5.74, 6) is 0. The van der Waals surface area contributed by atoms with Gasteiger partial charge in [-0.3, -0.25) is 0 Å². The van der Waals surface area contributed by atoms with Crippen molar-refractivity contribution in [3.05, 3.63) is 66.3 Å². The first-order valence-electron chi connectivity index (χ1n) is 7.22. The summed E-state index contributed by atoms with van der Waals surface area (Å²) in [5, 5.41) is 2.73. The van der Waals surface area contributed by atoms with Crippen LogP contribution in [0.15, 0.2) is 60.7 Å². The summed E-state index contributed by atoms with van der Waals surface area (Å²) in [7, 11) is 0. The molecule has 1 aromatic heterocycles. The molecule has 4 rings (SSSR count). The Labute approximate surface area is 118 Å². The van der Waals surface area contributed by atoms with Crippen molar-refractivity contribution in [2.45, 2.75) is 19.8 Å². The maximum absolute atomic E-state index is 2.40. The van der Waals surface area contributed by atoms with Crippen LogP contribution in [0.3, 0.4) is 0 Å². The molecule has 0 saturated carbocycles. The summed E-state index contributed by atoms with van der Waals surface area (Å²) < 4.78 is 2.40. The highest BCUT2D eigenvalue weighted by molar-refractivity contribution is 6.11. The number of para-hydroxylation sites is 1. The number of rotatable bonds is 1. The Hall–Kier alpha value is -2.28. The van der Waals surface area contributed by atoms with Gasteiger partial charge in [0.25, 0.3) is 0 Å². The van der Waals surface area contributed by atoms with E-state index in [1.165, 1.54) is 33.1 Å². The summed E-state index contributed by atoms with van der Waals surface area (Å²) in [4.78, 5) is 0. The summed E-state index contributed by atoms with van der Waals surface area (Å²) in [6.07, 6.45) is 9.14. The maximum Gasteiger partial charge on any atom is 0.0543 e. The minimum absolute atomic E-state index is 1.13. The van der Waals surface area contributed by atoms with E-state index >= 15 is 0 Å². The molecular formula is C19H17N. The van der Waals surface area contributed by atoms with Gasteiger partial charge in [-0.25, -0.2) is 0 Å².